The number of fused-ring (bicyclic) bond motifs is 1. The van der Waals surface area contributed by atoms with Gasteiger partial charge < -0.3 is 19.3 Å². The molecule has 0 saturated carbocycles. The number of hydrogen-bond acceptors (Lipinski definition) is 3. The van der Waals surface area contributed by atoms with Gasteiger partial charge in [-0.15, -0.1) is 0 Å². The lowest BCUT2D eigenvalue weighted by Gasteiger charge is -2.25. The SMILES string of the molecule is CCN(CC)c1cc(OC)ccc1-c1c(Cl)c2ccc(O)cc2n1C. The van der Waals surface area contributed by atoms with Gasteiger partial charge in [0.1, 0.15) is 11.5 Å². The third-order valence-corrected chi connectivity index (χ3v) is 5.07. The summed E-state index contributed by atoms with van der Waals surface area (Å²) >= 11 is 6.73. The van der Waals surface area contributed by atoms with E-state index in [1.165, 1.54) is 0 Å². The topological polar surface area (TPSA) is 37.6 Å². The lowest BCUT2D eigenvalue weighted by molar-refractivity contribution is 0.415. The minimum absolute atomic E-state index is 0.231. The molecule has 1 aromatic heterocycles. The Labute approximate surface area is 153 Å². The second-order valence-corrected chi connectivity index (χ2v) is 6.36. The first-order chi connectivity index (χ1) is 12.0. The number of phenols is 1. The predicted molar refractivity (Wildman–Crippen MR) is 105 cm³/mol. The molecule has 0 unspecified atom stereocenters. The van der Waals surface area contributed by atoms with Gasteiger partial charge in [0.2, 0.25) is 0 Å². The third-order valence-electron chi connectivity index (χ3n) is 4.69. The maximum atomic E-state index is 9.83. The maximum Gasteiger partial charge on any atom is 0.120 e. The van der Waals surface area contributed by atoms with E-state index in [4.69, 9.17) is 16.3 Å². The van der Waals surface area contributed by atoms with Crippen LogP contribution in [0.5, 0.6) is 11.5 Å². The van der Waals surface area contributed by atoms with Gasteiger partial charge in [0, 0.05) is 48.9 Å². The number of aromatic hydroxyl groups is 1. The number of methoxy groups -OCH3 is 1. The second-order valence-electron chi connectivity index (χ2n) is 5.98. The first-order valence-corrected chi connectivity index (χ1v) is 8.79. The molecular formula is C20H23ClN2O2. The van der Waals surface area contributed by atoms with Gasteiger partial charge in [0.25, 0.3) is 0 Å². The van der Waals surface area contributed by atoms with E-state index in [2.05, 4.69) is 18.7 Å². The van der Waals surface area contributed by atoms with Crippen LogP contribution in [0.3, 0.4) is 0 Å². The quantitative estimate of drug-likeness (QED) is 0.692. The van der Waals surface area contributed by atoms with Gasteiger partial charge >= 0.3 is 0 Å². The highest BCUT2D eigenvalue weighted by molar-refractivity contribution is 6.38. The fraction of sp³-hybridized carbons (Fsp3) is 0.300. The number of anilines is 1. The van der Waals surface area contributed by atoms with E-state index >= 15 is 0 Å². The number of halogens is 1. The number of rotatable bonds is 5. The van der Waals surface area contributed by atoms with Crippen LogP contribution in [-0.2, 0) is 7.05 Å². The van der Waals surface area contributed by atoms with Gasteiger partial charge in [-0.2, -0.15) is 0 Å². The van der Waals surface area contributed by atoms with E-state index in [1.807, 2.05) is 35.9 Å². The molecule has 3 aromatic rings. The summed E-state index contributed by atoms with van der Waals surface area (Å²) in [6.45, 7) is 6.04. The van der Waals surface area contributed by atoms with Gasteiger partial charge in [-0.25, -0.2) is 0 Å². The van der Waals surface area contributed by atoms with Crippen molar-refractivity contribution in [3.63, 3.8) is 0 Å². The Morgan fingerprint density at radius 3 is 2.48 bits per heavy atom. The first kappa shape index (κ1) is 17.5. The fourth-order valence-electron chi connectivity index (χ4n) is 3.34. The molecule has 0 amide bonds. The summed E-state index contributed by atoms with van der Waals surface area (Å²) in [6.07, 6.45) is 0. The van der Waals surface area contributed by atoms with Crippen molar-refractivity contribution in [1.29, 1.82) is 0 Å². The van der Waals surface area contributed by atoms with Crippen molar-refractivity contribution < 1.29 is 9.84 Å². The Morgan fingerprint density at radius 2 is 1.84 bits per heavy atom. The van der Waals surface area contributed by atoms with E-state index in [0.29, 0.717) is 5.02 Å². The number of ether oxygens (including phenoxy) is 1. The van der Waals surface area contributed by atoms with Crippen molar-refractivity contribution in [2.24, 2.45) is 7.05 Å². The molecule has 0 radical (unpaired) electrons. The standard InChI is InChI=1S/C20H23ClN2O2/c1-5-23(6-2)18-12-14(25-4)8-10-16(18)20-19(21)15-9-7-13(24)11-17(15)22(20)3/h7-12,24H,5-6H2,1-4H3. The van der Waals surface area contributed by atoms with Gasteiger partial charge in [0.15, 0.2) is 0 Å². The Hall–Kier alpha value is -2.33. The highest BCUT2D eigenvalue weighted by Gasteiger charge is 2.20. The molecule has 0 aliphatic carbocycles. The second kappa shape index (κ2) is 6.89. The van der Waals surface area contributed by atoms with Crippen LogP contribution in [0.15, 0.2) is 36.4 Å². The zero-order chi connectivity index (χ0) is 18.1. The average molecular weight is 359 g/mol. The summed E-state index contributed by atoms with van der Waals surface area (Å²) < 4.78 is 7.45. The number of nitrogens with zero attached hydrogens (tertiary/aromatic N) is 2. The van der Waals surface area contributed by atoms with E-state index in [-0.39, 0.29) is 5.75 Å². The lowest BCUT2D eigenvalue weighted by atomic mass is 10.1. The average Bonchev–Trinajstić information content (AvgIpc) is 2.86. The van der Waals surface area contributed by atoms with E-state index < -0.39 is 0 Å². The van der Waals surface area contributed by atoms with Crippen molar-refractivity contribution in [2.45, 2.75) is 13.8 Å². The molecule has 0 fully saturated rings. The van der Waals surface area contributed by atoms with Crippen LogP contribution < -0.4 is 9.64 Å². The Bertz CT molecular complexity index is 914. The summed E-state index contributed by atoms with van der Waals surface area (Å²) in [5.41, 5.74) is 3.97. The van der Waals surface area contributed by atoms with Gasteiger partial charge in [-0.05, 0) is 38.1 Å². The molecule has 132 valence electrons. The smallest absolute Gasteiger partial charge is 0.120 e. The molecule has 0 aliphatic rings. The van der Waals surface area contributed by atoms with Crippen LogP contribution in [0.1, 0.15) is 13.8 Å². The van der Waals surface area contributed by atoms with Crippen molar-refractivity contribution in [2.75, 3.05) is 25.1 Å². The molecular weight excluding hydrogens is 336 g/mol. The molecule has 1 N–H and O–H groups in total. The molecule has 0 spiro atoms. The Kier molecular flexibility index (Phi) is 4.82. The summed E-state index contributed by atoms with van der Waals surface area (Å²) in [4.78, 5) is 2.28. The predicted octanol–water partition coefficient (Wildman–Crippen LogP) is 5.06. The highest BCUT2D eigenvalue weighted by Crippen LogP contribution is 2.42. The van der Waals surface area contributed by atoms with Crippen molar-refractivity contribution in [3.05, 3.63) is 41.4 Å². The number of aromatic nitrogens is 1. The normalized spacial score (nSPS) is 11.1. The largest absolute Gasteiger partial charge is 0.508 e. The lowest BCUT2D eigenvalue weighted by Crippen LogP contribution is -2.22. The molecule has 0 saturated heterocycles. The van der Waals surface area contributed by atoms with Crippen LogP contribution in [0.25, 0.3) is 22.2 Å². The van der Waals surface area contributed by atoms with Gasteiger partial charge in [-0.3, -0.25) is 0 Å². The minimum Gasteiger partial charge on any atom is -0.508 e. The van der Waals surface area contributed by atoms with E-state index in [1.54, 1.807) is 19.2 Å². The number of benzene rings is 2. The summed E-state index contributed by atoms with van der Waals surface area (Å²) in [5.74, 6) is 1.05. The monoisotopic (exact) mass is 358 g/mol. The van der Waals surface area contributed by atoms with Crippen LogP contribution in [0, 0.1) is 0 Å². The van der Waals surface area contributed by atoms with Crippen LogP contribution in [0.4, 0.5) is 5.69 Å². The first-order valence-electron chi connectivity index (χ1n) is 8.42. The summed E-state index contributed by atoms with van der Waals surface area (Å²) in [7, 11) is 3.65. The molecule has 0 bridgehead atoms. The van der Waals surface area contributed by atoms with Crippen molar-refractivity contribution in [1.82, 2.24) is 4.57 Å². The zero-order valence-corrected chi connectivity index (χ0v) is 15.8. The molecule has 25 heavy (non-hydrogen) atoms. The van der Waals surface area contributed by atoms with Gasteiger partial charge in [0.05, 0.1) is 23.3 Å². The van der Waals surface area contributed by atoms with Crippen molar-refractivity contribution >= 4 is 28.2 Å². The third kappa shape index (κ3) is 2.91. The van der Waals surface area contributed by atoms with Crippen molar-refractivity contribution in [3.8, 4) is 22.8 Å². The Balaban J connectivity index is 2.31. The molecule has 1 heterocycles. The molecule has 0 aliphatic heterocycles. The zero-order valence-electron chi connectivity index (χ0n) is 15.0. The van der Waals surface area contributed by atoms with Crippen LogP contribution in [-0.4, -0.2) is 29.9 Å². The fourth-order valence-corrected chi connectivity index (χ4v) is 3.73. The Morgan fingerprint density at radius 1 is 1.12 bits per heavy atom. The van der Waals surface area contributed by atoms with Crippen LogP contribution in [0.2, 0.25) is 5.02 Å². The molecule has 2 aromatic carbocycles. The van der Waals surface area contributed by atoms with Gasteiger partial charge in [-0.1, -0.05) is 11.6 Å². The summed E-state index contributed by atoms with van der Waals surface area (Å²) in [6, 6.07) is 11.3. The number of hydrogen-bond donors (Lipinski definition) is 1. The summed E-state index contributed by atoms with van der Waals surface area (Å²) in [5, 5.41) is 11.5. The maximum absolute atomic E-state index is 9.83. The molecule has 0 atom stereocenters. The molecule has 5 heteroatoms. The highest BCUT2D eigenvalue weighted by atomic mass is 35.5. The van der Waals surface area contributed by atoms with Crippen LogP contribution >= 0.6 is 11.6 Å². The number of aryl methyl sites for hydroxylation is 1. The molecule has 4 nitrogen and oxygen atoms in total. The van der Waals surface area contributed by atoms with E-state index in [9.17, 15) is 5.11 Å². The molecule has 3 rings (SSSR count). The minimum atomic E-state index is 0.231. The van der Waals surface area contributed by atoms with E-state index in [0.717, 1.165) is 46.7 Å². The number of phenolic OH excluding ortho intramolecular Hbond substituents is 1.